The minimum Gasteiger partial charge on any atom is -0.360 e. The molecule has 0 radical (unpaired) electrons. The smallest absolute Gasteiger partial charge is 0.360 e. The standard InChI is InChI=1S/C24H32F3N7O2/c1-2-19(33-23(28)36)14-3-6-17(7-4-14)34-11-16(12-34)32-21(35)10-29-22-18-9-15(24(25,26)27)5-8-20(18)30-13-31-22/h5,8-9,13-14,16-17,19H,2-4,6-7,10-12H2,1H3,(H,32,35)(H3,28,33,36)(H,29,30,31)/t14?,17?,19-/m1/s1. The van der Waals surface area contributed by atoms with Crippen LogP contribution in [0.3, 0.4) is 0 Å². The summed E-state index contributed by atoms with van der Waals surface area (Å²) < 4.78 is 39.3. The first-order valence-corrected chi connectivity index (χ1v) is 12.3. The number of benzene rings is 1. The van der Waals surface area contributed by atoms with Crippen LogP contribution >= 0.6 is 0 Å². The van der Waals surface area contributed by atoms with Gasteiger partial charge in [0.2, 0.25) is 5.91 Å². The Morgan fingerprint density at radius 3 is 2.53 bits per heavy atom. The van der Waals surface area contributed by atoms with Crippen molar-refractivity contribution >= 4 is 28.7 Å². The highest BCUT2D eigenvalue weighted by atomic mass is 19.4. The number of alkyl halides is 3. The lowest BCUT2D eigenvalue weighted by Crippen LogP contribution is -2.63. The van der Waals surface area contributed by atoms with E-state index in [-0.39, 0.29) is 35.7 Å². The van der Waals surface area contributed by atoms with E-state index in [0.29, 0.717) is 17.5 Å². The average molecular weight is 508 g/mol. The van der Waals surface area contributed by atoms with Crippen molar-refractivity contribution in [2.45, 2.75) is 63.3 Å². The molecule has 196 valence electrons. The third-order valence-corrected chi connectivity index (χ3v) is 7.25. The van der Waals surface area contributed by atoms with E-state index in [0.717, 1.165) is 57.3 Å². The molecule has 3 amide bonds. The van der Waals surface area contributed by atoms with Gasteiger partial charge in [0.1, 0.15) is 12.1 Å². The van der Waals surface area contributed by atoms with Crippen molar-refractivity contribution in [3.63, 3.8) is 0 Å². The third kappa shape index (κ3) is 6.15. The van der Waals surface area contributed by atoms with Gasteiger partial charge >= 0.3 is 12.2 Å². The molecule has 5 N–H and O–H groups in total. The normalized spacial score (nSPS) is 22.0. The molecule has 36 heavy (non-hydrogen) atoms. The van der Waals surface area contributed by atoms with Gasteiger partial charge in [0.05, 0.1) is 23.7 Å². The van der Waals surface area contributed by atoms with E-state index in [4.69, 9.17) is 5.73 Å². The summed E-state index contributed by atoms with van der Waals surface area (Å²) in [7, 11) is 0. The number of anilines is 1. The summed E-state index contributed by atoms with van der Waals surface area (Å²) in [6.07, 6.45) is 1.79. The van der Waals surface area contributed by atoms with E-state index < -0.39 is 17.8 Å². The number of nitrogens with two attached hydrogens (primary N) is 1. The minimum absolute atomic E-state index is 0.0379. The van der Waals surface area contributed by atoms with Gasteiger partial charge < -0.3 is 21.7 Å². The number of likely N-dealkylation sites (tertiary alicyclic amines) is 1. The third-order valence-electron chi connectivity index (χ3n) is 7.25. The van der Waals surface area contributed by atoms with Crippen LogP contribution in [0.1, 0.15) is 44.6 Å². The highest BCUT2D eigenvalue weighted by molar-refractivity contribution is 5.91. The van der Waals surface area contributed by atoms with Crippen LogP contribution < -0.4 is 21.7 Å². The second-order valence-electron chi connectivity index (χ2n) is 9.62. The summed E-state index contributed by atoms with van der Waals surface area (Å²) in [5, 5.41) is 8.88. The van der Waals surface area contributed by atoms with Crippen molar-refractivity contribution in [1.29, 1.82) is 0 Å². The van der Waals surface area contributed by atoms with Crippen LogP contribution in [0.4, 0.5) is 23.8 Å². The Bertz CT molecular complexity index is 1080. The van der Waals surface area contributed by atoms with Crippen molar-refractivity contribution in [1.82, 2.24) is 25.5 Å². The summed E-state index contributed by atoms with van der Waals surface area (Å²) in [6, 6.07) is 3.40. The molecule has 4 rings (SSSR count). The topological polar surface area (TPSA) is 125 Å². The van der Waals surface area contributed by atoms with Crippen LogP contribution in [-0.4, -0.2) is 64.6 Å². The van der Waals surface area contributed by atoms with Gasteiger partial charge in [-0.05, 0) is 56.2 Å². The molecule has 0 spiro atoms. The quantitative estimate of drug-likeness (QED) is 0.436. The maximum absolute atomic E-state index is 13.1. The van der Waals surface area contributed by atoms with Gasteiger partial charge in [0.25, 0.3) is 0 Å². The lowest BCUT2D eigenvalue weighted by Gasteiger charge is -2.47. The molecule has 2 fully saturated rings. The Hall–Kier alpha value is -3.15. The van der Waals surface area contributed by atoms with E-state index in [9.17, 15) is 22.8 Å². The predicted octanol–water partition coefficient (Wildman–Crippen LogP) is 2.87. The number of amides is 3. The summed E-state index contributed by atoms with van der Waals surface area (Å²) in [6.45, 7) is 3.49. The van der Waals surface area contributed by atoms with Crippen LogP contribution in [0, 0.1) is 5.92 Å². The number of primary amides is 1. The number of aromatic nitrogens is 2. The first-order chi connectivity index (χ1) is 17.1. The van der Waals surface area contributed by atoms with Gasteiger partial charge in [-0.25, -0.2) is 14.8 Å². The molecule has 12 heteroatoms. The zero-order valence-corrected chi connectivity index (χ0v) is 20.1. The second-order valence-corrected chi connectivity index (χ2v) is 9.62. The molecule has 1 atom stereocenters. The highest BCUT2D eigenvalue weighted by Crippen LogP contribution is 2.33. The molecule has 0 bridgehead atoms. The molecule has 2 aromatic rings. The van der Waals surface area contributed by atoms with Crippen LogP contribution in [-0.2, 0) is 11.0 Å². The van der Waals surface area contributed by atoms with Crippen LogP contribution in [0.25, 0.3) is 10.9 Å². The number of halogens is 3. The van der Waals surface area contributed by atoms with Crippen LogP contribution in [0.5, 0.6) is 0 Å². The largest absolute Gasteiger partial charge is 0.416 e. The van der Waals surface area contributed by atoms with Gasteiger partial charge in [-0.1, -0.05) is 6.92 Å². The highest BCUT2D eigenvalue weighted by Gasteiger charge is 2.36. The fourth-order valence-electron chi connectivity index (χ4n) is 5.32. The molecule has 1 aromatic carbocycles. The Balaban J connectivity index is 1.22. The molecule has 1 aromatic heterocycles. The predicted molar refractivity (Wildman–Crippen MR) is 129 cm³/mol. The van der Waals surface area contributed by atoms with Gasteiger partial charge in [-0.3, -0.25) is 9.69 Å². The molecule has 0 unspecified atom stereocenters. The number of nitrogens with zero attached hydrogens (tertiary/aromatic N) is 3. The molecule has 2 heterocycles. The van der Waals surface area contributed by atoms with Gasteiger partial charge in [0, 0.05) is 30.6 Å². The molecule has 9 nitrogen and oxygen atoms in total. The maximum Gasteiger partial charge on any atom is 0.416 e. The van der Waals surface area contributed by atoms with Crippen molar-refractivity contribution in [2.24, 2.45) is 11.7 Å². The van der Waals surface area contributed by atoms with E-state index in [2.05, 4.69) is 37.7 Å². The van der Waals surface area contributed by atoms with E-state index in [1.807, 2.05) is 0 Å². The second kappa shape index (κ2) is 10.9. The fourth-order valence-corrected chi connectivity index (χ4v) is 5.32. The van der Waals surface area contributed by atoms with Crippen molar-refractivity contribution in [2.75, 3.05) is 25.0 Å². The molecule has 1 aliphatic heterocycles. The Kier molecular flexibility index (Phi) is 7.82. The number of fused-ring (bicyclic) bond motifs is 1. The minimum atomic E-state index is -4.48. The lowest BCUT2D eigenvalue weighted by molar-refractivity contribution is -0.137. The zero-order valence-electron chi connectivity index (χ0n) is 20.1. The summed E-state index contributed by atoms with van der Waals surface area (Å²) in [5.74, 6) is 0.376. The molecular weight excluding hydrogens is 475 g/mol. The fraction of sp³-hybridized carbons (Fsp3) is 0.583. The number of carbonyl (C=O) groups excluding carboxylic acids is 2. The van der Waals surface area contributed by atoms with Crippen molar-refractivity contribution in [3.05, 3.63) is 30.1 Å². The number of nitrogens with one attached hydrogen (secondary N) is 3. The molecular formula is C24H32F3N7O2. The number of rotatable bonds is 8. The molecule has 2 aliphatic rings. The SMILES string of the molecule is CC[C@@H](NC(N)=O)C1CCC(N2CC(NC(=O)CNc3ncnc4ccc(C(F)(F)F)cc34)C2)CC1. The summed E-state index contributed by atoms with van der Waals surface area (Å²) in [5.41, 5.74) is 4.86. The first kappa shape index (κ1) is 25.9. The van der Waals surface area contributed by atoms with Gasteiger partial charge in [0.15, 0.2) is 0 Å². The average Bonchev–Trinajstić information content (AvgIpc) is 2.82. The maximum atomic E-state index is 13.1. The zero-order chi connectivity index (χ0) is 25.9. The molecule has 1 saturated carbocycles. The Morgan fingerprint density at radius 2 is 1.89 bits per heavy atom. The number of urea groups is 1. The van der Waals surface area contributed by atoms with Crippen molar-refractivity contribution in [3.8, 4) is 0 Å². The van der Waals surface area contributed by atoms with E-state index >= 15 is 0 Å². The number of carbonyl (C=O) groups is 2. The molecule has 1 aliphatic carbocycles. The lowest BCUT2D eigenvalue weighted by atomic mass is 9.79. The van der Waals surface area contributed by atoms with Crippen LogP contribution in [0.15, 0.2) is 24.5 Å². The van der Waals surface area contributed by atoms with Gasteiger partial charge in [-0.2, -0.15) is 13.2 Å². The summed E-state index contributed by atoms with van der Waals surface area (Å²) in [4.78, 5) is 34.0. The van der Waals surface area contributed by atoms with E-state index in [1.54, 1.807) is 0 Å². The Labute approximate surface area is 207 Å². The number of hydrogen-bond acceptors (Lipinski definition) is 6. The number of hydrogen-bond donors (Lipinski definition) is 4. The summed E-state index contributed by atoms with van der Waals surface area (Å²) >= 11 is 0. The van der Waals surface area contributed by atoms with Crippen molar-refractivity contribution < 1.29 is 22.8 Å². The first-order valence-electron chi connectivity index (χ1n) is 12.3. The monoisotopic (exact) mass is 507 g/mol. The molecule has 1 saturated heterocycles. The van der Waals surface area contributed by atoms with E-state index in [1.165, 1.54) is 12.4 Å². The van der Waals surface area contributed by atoms with Crippen LogP contribution in [0.2, 0.25) is 0 Å². The Morgan fingerprint density at radius 1 is 1.17 bits per heavy atom. The van der Waals surface area contributed by atoms with Gasteiger partial charge in [-0.15, -0.1) is 0 Å².